The van der Waals surface area contributed by atoms with Gasteiger partial charge in [0.2, 0.25) is 5.92 Å². The van der Waals surface area contributed by atoms with Gasteiger partial charge in [0.1, 0.15) is 5.25 Å². The number of rotatable bonds is 11. The first-order valence-corrected chi connectivity index (χ1v) is 7.70. The molecule has 0 heterocycles. The number of unbranched alkanes of at least 4 members (excludes halogenated alkanes) is 2. The Labute approximate surface area is 113 Å². The highest BCUT2D eigenvalue weighted by Crippen LogP contribution is 2.26. The van der Waals surface area contributed by atoms with Crippen LogP contribution < -0.4 is 0 Å². The number of hydrogen-bond acceptors (Lipinski definition) is 2. The number of alkyl halides is 2. The molecule has 0 saturated heterocycles. The zero-order chi connectivity index (χ0) is 14.0. The maximum absolute atomic E-state index is 12.9. The third kappa shape index (κ3) is 8.72. The van der Waals surface area contributed by atoms with Gasteiger partial charge in [-0.2, -0.15) is 0 Å². The van der Waals surface area contributed by atoms with E-state index in [2.05, 4.69) is 0 Å². The minimum Gasteiger partial charge on any atom is -0.480 e. The molecule has 0 aliphatic rings. The van der Waals surface area contributed by atoms with E-state index in [1.165, 1.54) is 18.7 Å². The lowest BCUT2D eigenvalue weighted by Gasteiger charge is -2.14. The summed E-state index contributed by atoms with van der Waals surface area (Å²) in [5.41, 5.74) is 0. The fourth-order valence-electron chi connectivity index (χ4n) is 1.56. The Hall–Kier alpha value is -0.320. The summed E-state index contributed by atoms with van der Waals surface area (Å²) in [5.74, 6) is -2.69. The van der Waals surface area contributed by atoms with Crippen molar-refractivity contribution in [3.05, 3.63) is 0 Å². The number of halogens is 2. The van der Waals surface area contributed by atoms with Crippen LogP contribution in [0.2, 0.25) is 0 Å². The molecule has 18 heavy (non-hydrogen) atoms. The molecule has 0 rings (SSSR count). The summed E-state index contributed by atoms with van der Waals surface area (Å²) in [6, 6.07) is 0. The van der Waals surface area contributed by atoms with Crippen molar-refractivity contribution in [2.24, 2.45) is 0 Å². The molecule has 0 aliphatic heterocycles. The van der Waals surface area contributed by atoms with E-state index in [1.807, 2.05) is 6.92 Å². The maximum Gasteiger partial charge on any atom is 0.316 e. The first kappa shape index (κ1) is 17.7. The first-order chi connectivity index (χ1) is 8.43. The number of aliphatic carboxylic acids is 1. The van der Waals surface area contributed by atoms with Crippen LogP contribution in [-0.4, -0.2) is 28.0 Å². The Morgan fingerprint density at radius 3 is 2.44 bits per heavy atom. The number of hydrogen-bond donors (Lipinski definition) is 1. The van der Waals surface area contributed by atoms with Gasteiger partial charge < -0.3 is 5.11 Å². The molecule has 0 aromatic carbocycles. The lowest BCUT2D eigenvalue weighted by Crippen LogP contribution is -2.17. The van der Waals surface area contributed by atoms with E-state index in [-0.39, 0.29) is 18.1 Å². The van der Waals surface area contributed by atoms with Crippen molar-refractivity contribution in [1.82, 2.24) is 0 Å². The molecule has 0 bridgehead atoms. The fourth-order valence-corrected chi connectivity index (χ4v) is 2.69. The van der Waals surface area contributed by atoms with Gasteiger partial charge in [0.05, 0.1) is 0 Å². The summed E-state index contributed by atoms with van der Waals surface area (Å²) in [4.78, 5) is 10.9. The van der Waals surface area contributed by atoms with Crippen LogP contribution in [0.4, 0.5) is 8.78 Å². The van der Waals surface area contributed by atoms with E-state index in [1.54, 1.807) is 0 Å². The van der Waals surface area contributed by atoms with Gasteiger partial charge in [-0.25, -0.2) is 8.78 Å². The highest BCUT2D eigenvalue weighted by atomic mass is 32.2. The molecule has 108 valence electrons. The molecule has 0 fully saturated rings. The molecule has 0 radical (unpaired) electrons. The van der Waals surface area contributed by atoms with Crippen molar-refractivity contribution in [1.29, 1.82) is 0 Å². The highest BCUT2D eigenvalue weighted by molar-refractivity contribution is 8.00. The quantitative estimate of drug-likeness (QED) is 0.564. The number of carboxylic acids is 1. The Bertz CT molecular complexity index is 235. The lowest BCUT2D eigenvalue weighted by molar-refractivity contribution is -0.136. The third-order valence-electron chi connectivity index (χ3n) is 2.87. The number of carboxylic acid groups (broad SMARTS) is 1. The standard InChI is InChI=1S/C13H24F2O2S/c1-3-5-8-11(12(16)17)18-10-7-6-9-13(14,15)4-2/h11H,3-10H2,1-2H3,(H,16,17). The molecule has 0 amide bonds. The van der Waals surface area contributed by atoms with Crippen LogP contribution in [0, 0.1) is 0 Å². The Morgan fingerprint density at radius 2 is 1.94 bits per heavy atom. The van der Waals surface area contributed by atoms with Gasteiger partial charge in [-0.1, -0.05) is 26.7 Å². The molecule has 0 aliphatic carbocycles. The van der Waals surface area contributed by atoms with Crippen LogP contribution in [0.15, 0.2) is 0 Å². The summed E-state index contributed by atoms with van der Waals surface area (Å²) in [6.45, 7) is 3.51. The van der Waals surface area contributed by atoms with Crippen molar-refractivity contribution in [3.8, 4) is 0 Å². The third-order valence-corrected chi connectivity index (χ3v) is 4.23. The second-order valence-corrected chi connectivity index (χ2v) is 5.82. The first-order valence-electron chi connectivity index (χ1n) is 6.65. The molecular weight excluding hydrogens is 258 g/mol. The van der Waals surface area contributed by atoms with Crippen LogP contribution in [0.5, 0.6) is 0 Å². The Kier molecular flexibility index (Phi) is 9.42. The molecule has 0 saturated carbocycles. The Morgan fingerprint density at radius 1 is 1.28 bits per heavy atom. The second-order valence-electron chi connectivity index (χ2n) is 4.51. The zero-order valence-corrected chi connectivity index (χ0v) is 12.1. The van der Waals surface area contributed by atoms with Crippen LogP contribution in [0.3, 0.4) is 0 Å². The van der Waals surface area contributed by atoms with Crippen molar-refractivity contribution < 1.29 is 18.7 Å². The van der Waals surface area contributed by atoms with Gasteiger partial charge >= 0.3 is 5.97 Å². The molecule has 0 aromatic heterocycles. The largest absolute Gasteiger partial charge is 0.480 e. The minimum atomic E-state index is -2.56. The molecule has 2 nitrogen and oxygen atoms in total. The summed E-state index contributed by atoms with van der Waals surface area (Å²) in [5, 5.41) is 8.60. The summed E-state index contributed by atoms with van der Waals surface area (Å²) in [6.07, 6.45) is 3.47. The lowest BCUT2D eigenvalue weighted by atomic mass is 10.1. The van der Waals surface area contributed by atoms with Crippen molar-refractivity contribution >= 4 is 17.7 Å². The van der Waals surface area contributed by atoms with Crippen LogP contribution in [-0.2, 0) is 4.79 Å². The van der Waals surface area contributed by atoms with Gasteiger partial charge in [0.25, 0.3) is 0 Å². The monoisotopic (exact) mass is 282 g/mol. The van der Waals surface area contributed by atoms with Gasteiger partial charge in [-0.3, -0.25) is 4.79 Å². The van der Waals surface area contributed by atoms with Crippen LogP contribution in [0.1, 0.15) is 58.8 Å². The van der Waals surface area contributed by atoms with Crippen molar-refractivity contribution in [3.63, 3.8) is 0 Å². The Balaban J connectivity index is 3.70. The number of carbonyl (C=O) groups is 1. The van der Waals surface area contributed by atoms with Crippen LogP contribution in [0.25, 0.3) is 0 Å². The topological polar surface area (TPSA) is 37.3 Å². The molecular formula is C13H24F2O2S. The van der Waals surface area contributed by atoms with Crippen molar-refractivity contribution in [2.45, 2.75) is 70.0 Å². The smallest absolute Gasteiger partial charge is 0.316 e. The van der Waals surface area contributed by atoms with E-state index in [4.69, 9.17) is 5.11 Å². The average Bonchev–Trinajstić information content (AvgIpc) is 2.32. The molecule has 0 spiro atoms. The maximum atomic E-state index is 12.9. The summed E-state index contributed by atoms with van der Waals surface area (Å²) in [7, 11) is 0. The highest BCUT2D eigenvalue weighted by Gasteiger charge is 2.25. The van der Waals surface area contributed by atoms with E-state index < -0.39 is 11.9 Å². The molecule has 5 heteroatoms. The SMILES string of the molecule is CCCCC(SCCCCC(F)(F)CC)C(=O)O. The minimum absolute atomic E-state index is 0.0865. The van der Waals surface area contributed by atoms with E-state index in [0.717, 1.165) is 12.8 Å². The van der Waals surface area contributed by atoms with Crippen molar-refractivity contribution in [2.75, 3.05) is 5.75 Å². The predicted octanol–water partition coefficient (Wildman–Crippen LogP) is 4.58. The second kappa shape index (κ2) is 9.59. The molecule has 1 unspecified atom stereocenters. The fraction of sp³-hybridized carbons (Fsp3) is 0.923. The van der Waals surface area contributed by atoms with E-state index in [9.17, 15) is 13.6 Å². The normalized spacial score (nSPS) is 13.6. The van der Waals surface area contributed by atoms with Gasteiger partial charge in [0.15, 0.2) is 0 Å². The van der Waals surface area contributed by atoms with Gasteiger partial charge in [-0.15, -0.1) is 11.8 Å². The average molecular weight is 282 g/mol. The van der Waals surface area contributed by atoms with Gasteiger partial charge in [0, 0.05) is 12.8 Å². The predicted molar refractivity (Wildman–Crippen MR) is 72.5 cm³/mol. The van der Waals surface area contributed by atoms with E-state index >= 15 is 0 Å². The molecule has 1 atom stereocenters. The van der Waals surface area contributed by atoms with Crippen LogP contribution >= 0.6 is 11.8 Å². The van der Waals surface area contributed by atoms with E-state index in [0.29, 0.717) is 25.0 Å². The molecule has 0 aromatic rings. The summed E-state index contributed by atoms with van der Waals surface area (Å²) >= 11 is 1.38. The van der Waals surface area contributed by atoms with Gasteiger partial charge in [-0.05, 0) is 25.0 Å². The summed E-state index contributed by atoms with van der Waals surface area (Å²) < 4.78 is 25.9. The zero-order valence-electron chi connectivity index (χ0n) is 11.3. The molecule has 1 N–H and O–H groups in total. The number of thioether (sulfide) groups is 1.